The van der Waals surface area contributed by atoms with Gasteiger partial charge in [-0.1, -0.05) is 65.2 Å². The number of rotatable bonds is 7. The summed E-state index contributed by atoms with van der Waals surface area (Å²) >= 11 is 0. The van der Waals surface area contributed by atoms with Crippen molar-refractivity contribution >= 4 is 0 Å². The summed E-state index contributed by atoms with van der Waals surface area (Å²) in [6.45, 7) is 16.5. The summed E-state index contributed by atoms with van der Waals surface area (Å²) < 4.78 is 0. The SMILES string of the molecule is C=C.C=C.CCCCCCCCCC. The van der Waals surface area contributed by atoms with Crippen LogP contribution in [0.3, 0.4) is 0 Å². The van der Waals surface area contributed by atoms with Crippen molar-refractivity contribution in [1.82, 2.24) is 0 Å². The standard InChI is InChI=1S/C10H22.2C2H4/c1-3-5-7-9-10-8-6-4-2;2*1-2/h3-10H2,1-2H3;2*1-2H2. The molecule has 0 radical (unpaired) electrons. The van der Waals surface area contributed by atoms with Gasteiger partial charge in [-0.3, -0.25) is 0 Å². The van der Waals surface area contributed by atoms with Crippen LogP contribution in [0.15, 0.2) is 26.3 Å². The van der Waals surface area contributed by atoms with E-state index in [1.807, 2.05) is 0 Å². The summed E-state index contributed by atoms with van der Waals surface area (Å²) in [6, 6.07) is 0. The van der Waals surface area contributed by atoms with Crippen LogP contribution in [0.2, 0.25) is 0 Å². The zero-order valence-electron chi connectivity index (χ0n) is 10.5. The van der Waals surface area contributed by atoms with Crippen molar-refractivity contribution in [1.29, 1.82) is 0 Å². The zero-order chi connectivity index (χ0) is 11.7. The largest absolute Gasteiger partial charge is 0.106 e. The summed E-state index contributed by atoms with van der Waals surface area (Å²) in [5, 5.41) is 0. The van der Waals surface area contributed by atoms with E-state index >= 15 is 0 Å². The van der Waals surface area contributed by atoms with Gasteiger partial charge in [0, 0.05) is 0 Å². The van der Waals surface area contributed by atoms with Crippen molar-refractivity contribution in [3.8, 4) is 0 Å². The fourth-order valence-electron chi connectivity index (χ4n) is 1.21. The molecule has 0 aromatic rings. The maximum atomic E-state index is 3.00. The van der Waals surface area contributed by atoms with E-state index in [0.29, 0.717) is 0 Å². The molecule has 0 nitrogen and oxygen atoms in total. The first-order valence-corrected chi connectivity index (χ1v) is 5.91. The molecular weight excluding hydrogens is 168 g/mol. The monoisotopic (exact) mass is 198 g/mol. The summed E-state index contributed by atoms with van der Waals surface area (Å²) in [6.07, 6.45) is 11.5. The summed E-state index contributed by atoms with van der Waals surface area (Å²) in [7, 11) is 0. The molecule has 0 saturated heterocycles. The van der Waals surface area contributed by atoms with E-state index in [9.17, 15) is 0 Å². The molecule has 0 aliphatic carbocycles. The van der Waals surface area contributed by atoms with Crippen LogP contribution < -0.4 is 0 Å². The van der Waals surface area contributed by atoms with Gasteiger partial charge in [-0.05, 0) is 0 Å². The molecular formula is C14H30. The molecule has 86 valence electrons. The zero-order valence-corrected chi connectivity index (χ0v) is 10.5. The Hall–Kier alpha value is -0.520. The third-order valence-electron chi connectivity index (χ3n) is 1.96. The molecule has 0 aromatic carbocycles. The first-order valence-electron chi connectivity index (χ1n) is 5.91. The van der Waals surface area contributed by atoms with Gasteiger partial charge in [0.05, 0.1) is 0 Å². The lowest BCUT2D eigenvalue weighted by Gasteiger charge is -1.97. The Morgan fingerprint density at radius 3 is 0.929 bits per heavy atom. The molecule has 0 heterocycles. The van der Waals surface area contributed by atoms with E-state index in [1.54, 1.807) is 0 Å². The van der Waals surface area contributed by atoms with Crippen LogP contribution in [0, 0.1) is 0 Å². The van der Waals surface area contributed by atoms with Crippen LogP contribution >= 0.6 is 0 Å². The minimum Gasteiger partial charge on any atom is -0.106 e. The van der Waals surface area contributed by atoms with Crippen molar-refractivity contribution in [3.05, 3.63) is 26.3 Å². The van der Waals surface area contributed by atoms with E-state index in [0.717, 1.165) is 0 Å². The summed E-state index contributed by atoms with van der Waals surface area (Å²) in [4.78, 5) is 0. The number of hydrogen-bond donors (Lipinski definition) is 0. The molecule has 0 heteroatoms. The van der Waals surface area contributed by atoms with Gasteiger partial charge < -0.3 is 0 Å². The molecule has 0 fully saturated rings. The van der Waals surface area contributed by atoms with E-state index in [-0.39, 0.29) is 0 Å². The topological polar surface area (TPSA) is 0 Å². The van der Waals surface area contributed by atoms with E-state index in [1.165, 1.54) is 51.4 Å². The molecule has 14 heavy (non-hydrogen) atoms. The lowest BCUT2D eigenvalue weighted by Crippen LogP contribution is -1.77. The highest BCUT2D eigenvalue weighted by atomic mass is 13.9. The van der Waals surface area contributed by atoms with E-state index in [4.69, 9.17) is 0 Å². The molecule has 0 aliphatic rings. The third-order valence-corrected chi connectivity index (χ3v) is 1.96. The van der Waals surface area contributed by atoms with Crippen molar-refractivity contribution in [2.75, 3.05) is 0 Å². The van der Waals surface area contributed by atoms with Gasteiger partial charge in [0.2, 0.25) is 0 Å². The maximum Gasteiger partial charge on any atom is -0.0533 e. The molecule has 0 N–H and O–H groups in total. The van der Waals surface area contributed by atoms with Crippen LogP contribution in [0.25, 0.3) is 0 Å². The molecule has 0 saturated carbocycles. The third kappa shape index (κ3) is 30.0. The Morgan fingerprint density at radius 1 is 0.500 bits per heavy atom. The fourth-order valence-corrected chi connectivity index (χ4v) is 1.21. The minimum absolute atomic E-state index is 1.37. The van der Waals surface area contributed by atoms with Gasteiger partial charge in [-0.25, -0.2) is 0 Å². The predicted octanol–water partition coefficient (Wildman–Crippen LogP) is 5.75. The minimum atomic E-state index is 1.37. The first-order chi connectivity index (χ1) is 6.91. The molecule has 0 amide bonds. The van der Waals surface area contributed by atoms with Crippen LogP contribution in [0.5, 0.6) is 0 Å². The second kappa shape index (κ2) is 29.4. The predicted molar refractivity (Wildman–Crippen MR) is 70.8 cm³/mol. The van der Waals surface area contributed by atoms with Crippen LogP contribution in [0.4, 0.5) is 0 Å². The van der Waals surface area contributed by atoms with Crippen molar-refractivity contribution in [3.63, 3.8) is 0 Å². The molecule has 0 aromatic heterocycles. The molecule has 0 aliphatic heterocycles. The smallest absolute Gasteiger partial charge is 0.0533 e. The molecule has 0 bridgehead atoms. The van der Waals surface area contributed by atoms with Gasteiger partial charge in [-0.15, -0.1) is 26.3 Å². The molecule has 0 unspecified atom stereocenters. The van der Waals surface area contributed by atoms with Crippen LogP contribution in [0.1, 0.15) is 65.2 Å². The molecule has 0 atom stereocenters. The van der Waals surface area contributed by atoms with Crippen LogP contribution in [-0.2, 0) is 0 Å². The first kappa shape index (κ1) is 19.1. The van der Waals surface area contributed by atoms with Gasteiger partial charge in [0.1, 0.15) is 0 Å². The maximum absolute atomic E-state index is 3.00. The average molecular weight is 198 g/mol. The molecule has 0 rings (SSSR count). The van der Waals surface area contributed by atoms with Crippen LogP contribution in [-0.4, -0.2) is 0 Å². The highest BCUT2D eigenvalue weighted by Crippen LogP contribution is 2.07. The van der Waals surface area contributed by atoms with Gasteiger partial charge >= 0.3 is 0 Å². The lowest BCUT2D eigenvalue weighted by molar-refractivity contribution is 0.585. The fraction of sp³-hybridized carbons (Fsp3) is 0.714. The van der Waals surface area contributed by atoms with Crippen molar-refractivity contribution in [2.24, 2.45) is 0 Å². The molecule has 0 spiro atoms. The van der Waals surface area contributed by atoms with Gasteiger partial charge in [0.15, 0.2) is 0 Å². The Kier molecular flexibility index (Phi) is 40.1. The summed E-state index contributed by atoms with van der Waals surface area (Å²) in [5.41, 5.74) is 0. The normalized spacial score (nSPS) is 7.86. The summed E-state index contributed by atoms with van der Waals surface area (Å²) in [5.74, 6) is 0. The van der Waals surface area contributed by atoms with Crippen molar-refractivity contribution in [2.45, 2.75) is 65.2 Å². The average Bonchev–Trinajstić information content (AvgIpc) is 2.29. The number of hydrogen-bond acceptors (Lipinski definition) is 0. The highest BCUT2D eigenvalue weighted by Gasteiger charge is 1.87. The Balaban J connectivity index is -0.000000266. The van der Waals surface area contributed by atoms with Crippen molar-refractivity contribution < 1.29 is 0 Å². The number of unbranched alkanes of at least 4 members (excludes halogenated alkanes) is 7. The highest BCUT2D eigenvalue weighted by molar-refractivity contribution is 4.43. The Labute approximate surface area is 92.1 Å². The quantitative estimate of drug-likeness (QED) is 0.361. The Morgan fingerprint density at radius 2 is 0.714 bits per heavy atom. The van der Waals surface area contributed by atoms with Gasteiger partial charge in [0.25, 0.3) is 0 Å². The lowest BCUT2D eigenvalue weighted by atomic mass is 10.1. The second-order valence-electron chi connectivity index (χ2n) is 3.12. The van der Waals surface area contributed by atoms with E-state index < -0.39 is 0 Å². The van der Waals surface area contributed by atoms with E-state index in [2.05, 4.69) is 40.2 Å². The van der Waals surface area contributed by atoms with Gasteiger partial charge in [-0.2, -0.15) is 0 Å². The Bertz CT molecular complexity index is 56.4. The second-order valence-corrected chi connectivity index (χ2v) is 3.12.